The molecule has 8 aromatic carbocycles. The van der Waals surface area contributed by atoms with Gasteiger partial charge in [0.2, 0.25) is 0 Å². The second-order valence-corrected chi connectivity index (χ2v) is 12.8. The third-order valence-corrected chi connectivity index (χ3v) is 11.2. The van der Waals surface area contributed by atoms with Gasteiger partial charge in [0.25, 0.3) is 0 Å². The first-order chi connectivity index (χ1) is 18.7. The zero-order valence-corrected chi connectivity index (χ0v) is 21.5. The Morgan fingerprint density at radius 2 is 0.947 bits per heavy atom. The molecular formula is C36H23OP. The van der Waals surface area contributed by atoms with Crippen molar-refractivity contribution in [1.82, 2.24) is 0 Å². The molecule has 0 radical (unpaired) electrons. The first kappa shape index (κ1) is 21.6. The third kappa shape index (κ3) is 2.97. The van der Waals surface area contributed by atoms with Crippen molar-refractivity contribution in [2.45, 2.75) is 0 Å². The van der Waals surface area contributed by atoms with E-state index in [1.807, 2.05) is 30.3 Å². The van der Waals surface area contributed by atoms with Gasteiger partial charge in [0.05, 0.1) is 0 Å². The normalized spacial score (nSPS) is 13.6. The Bertz CT molecular complexity index is 2200. The van der Waals surface area contributed by atoms with Crippen molar-refractivity contribution < 1.29 is 4.57 Å². The van der Waals surface area contributed by atoms with Crippen LogP contribution in [-0.2, 0) is 4.57 Å². The molecule has 0 saturated carbocycles. The van der Waals surface area contributed by atoms with Crippen LogP contribution < -0.4 is 15.9 Å². The lowest BCUT2D eigenvalue weighted by atomic mass is 9.94. The van der Waals surface area contributed by atoms with Crippen molar-refractivity contribution in [3.8, 4) is 0 Å². The zero-order chi connectivity index (χ0) is 25.3. The van der Waals surface area contributed by atoms with Crippen LogP contribution in [0.15, 0.2) is 140 Å². The SMILES string of the molecule is O=P(c1ccccc1)(c1ccc2c(ccc3ccccc32)c1)c1ccc2ccc3cccc4ccc1c2c34. The van der Waals surface area contributed by atoms with Gasteiger partial charge in [-0.15, -0.1) is 0 Å². The van der Waals surface area contributed by atoms with E-state index in [0.717, 1.165) is 26.7 Å². The van der Waals surface area contributed by atoms with Crippen LogP contribution in [-0.4, -0.2) is 0 Å². The standard InChI is InChI=1S/C36H23OP/c37-38(29-10-2-1-3-11-29,30-19-21-32-28(23-30)16-13-24-7-4-5-12-31(24)32)34-22-18-27-15-14-25-8-6-9-26-17-20-33(34)36(27)35(25)26/h1-23H. The lowest BCUT2D eigenvalue weighted by molar-refractivity contribution is 0.592. The first-order valence-electron chi connectivity index (χ1n) is 13.0. The molecule has 0 N–H and O–H groups in total. The number of hydrogen-bond acceptors (Lipinski definition) is 1. The monoisotopic (exact) mass is 502 g/mol. The predicted molar refractivity (Wildman–Crippen MR) is 165 cm³/mol. The molecule has 0 fully saturated rings. The van der Waals surface area contributed by atoms with Crippen molar-refractivity contribution in [3.63, 3.8) is 0 Å². The van der Waals surface area contributed by atoms with Gasteiger partial charge in [-0.2, -0.15) is 0 Å². The summed E-state index contributed by atoms with van der Waals surface area (Å²) in [4.78, 5) is 0. The van der Waals surface area contributed by atoms with Crippen LogP contribution in [0, 0.1) is 0 Å². The molecule has 0 aliphatic heterocycles. The lowest BCUT2D eigenvalue weighted by Gasteiger charge is -2.23. The Balaban J connectivity index is 1.48. The van der Waals surface area contributed by atoms with Crippen LogP contribution in [0.2, 0.25) is 0 Å². The molecule has 38 heavy (non-hydrogen) atoms. The Hall–Kier alpha value is -4.45. The smallest absolute Gasteiger partial charge is 0.171 e. The molecule has 0 aliphatic carbocycles. The van der Waals surface area contributed by atoms with E-state index in [1.165, 1.54) is 43.1 Å². The quantitative estimate of drug-likeness (QED) is 0.175. The van der Waals surface area contributed by atoms with Gasteiger partial charge in [0.1, 0.15) is 0 Å². The van der Waals surface area contributed by atoms with Crippen molar-refractivity contribution in [1.29, 1.82) is 0 Å². The molecule has 8 rings (SSSR count). The fourth-order valence-electron chi connectivity index (χ4n) is 6.26. The number of rotatable bonds is 3. The average molecular weight is 503 g/mol. The second kappa shape index (κ2) is 8.02. The molecule has 0 aromatic heterocycles. The Morgan fingerprint density at radius 3 is 1.79 bits per heavy atom. The van der Waals surface area contributed by atoms with Gasteiger partial charge in [0, 0.05) is 15.9 Å². The van der Waals surface area contributed by atoms with E-state index in [9.17, 15) is 0 Å². The maximum absolute atomic E-state index is 15.7. The van der Waals surface area contributed by atoms with Gasteiger partial charge in [-0.3, -0.25) is 0 Å². The van der Waals surface area contributed by atoms with E-state index in [1.54, 1.807) is 0 Å². The zero-order valence-electron chi connectivity index (χ0n) is 20.6. The summed E-state index contributed by atoms with van der Waals surface area (Å²) in [5.41, 5.74) is 0. The minimum absolute atomic E-state index is 0.857. The summed E-state index contributed by atoms with van der Waals surface area (Å²) in [7, 11) is -3.20. The van der Waals surface area contributed by atoms with Crippen LogP contribution in [0.5, 0.6) is 0 Å². The highest BCUT2D eigenvalue weighted by Crippen LogP contribution is 2.47. The minimum Gasteiger partial charge on any atom is -0.309 e. The van der Waals surface area contributed by atoms with Crippen molar-refractivity contribution >= 4 is 76.9 Å². The predicted octanol–water partition coefficient (Wildman–Crippen LogP) is 8.53. The first-order valence-corrected chi connectivity index (χ1v) is 14.7. The van der Waals surface area contributed by atoms with Crippen LogP contribution in [0.4, 0.5) is 0 Å². The molecule has 0 saturated heterocycles. The van der Waals surface area contributed by atoms with Crippen molar-refractivity contribution in [2.75, 3.05) is 0 Å². The summed E-state index contributed by atoms with van der Waals surface area (Å²) in [6.07, 6.45) is 0. The highest BCUT2D eigenvalue weighted by Gasteiger charge is 2.32. The summed E-state index contributed by atoms with van der Waals surface area (Å²) in [6, 6.07) is 48.6. The lowest BCUT2D eigenvalue weighted by Crippen LogP contribution is -2.25. The van der Waals surface area contributed by atoms with Crippen molar-refractivity contribution in [2.24, 2.45) is 0 Å². The molecule has 0 amide bonds. The molecular weight excluding hydrogens is 479 g/mol. The van der Waals surface area contributed by atoms with Crippen molar-refractivity contribution in [3.05, 3.63) is 140 Å². The molecule has 0 spiro atoms. The molecule has 8 aromatic rings. The second-order valence-electron chi connectivity index (χ2n) is 10.1. The topological polar surface area (TPSA) is 17.1 Å². The van der Waals surface area contributed by atoms with E-state index in [2.05, 4.69) is 109 Å². The molecule has 1 nitrogen and oxygen atoms in total. The largest absolute Gasteiger partial charge is 0.309 e. The number of benzene rings is 8. The van der Waals surface area contributed by atoms with E-state index in [-0.39, 0.29) is 0 Å². The summed E-state index contributed by atoms with van der Waals surface area (Å²) >= 11 is 0. The van der Waals surface area contributed by atoms with Crippen LogP contribution in [0.25, 0.3) is 53.9 Å². The fourth-order valence-corrected chi connectivity index (χ4v) is 9.12. The van der Waals surface area contributed by atoms with Gasteiger partial charge in [0.15, 0.2) is 7.14 Å². The Kier molecular flexibility index (Phi) is 4.56. The average Bonchev–Trinajstić information content (AvgIpc) is 2.99. The van der Waals surface area contributed by atoms with Crippen LogP contribution >= 0.6 is 7.14 Å². The summed E-state index contributed by atoms with van der Waals surface area (Å²) in [5, 5.41) is 14.4. The highest BCUT2D eigenvalue weighted by molar-refractivity contribution is 7.85. The maximum Gasteiger partial charge on any atom is 0.171 e. The van der Waals surface area contributed by atoms with Gasteiger partial charge in [-0.25, -0.2) is 0 Å². The van der Waals surface area contributed by atoms with E-state index in [4.69, 9.17) is 0 Å². The van der Waals surface area contributed by atoms with Crippen LogP contribution in [0.3, 0.4) is 0 Å². The van der Waals surface area contributed by atoms with E-state index < -0.39 is 7.14 Å². The summed E-state index contributed by atoms with van der Waals surface area (Å²) in [6.45, 7) is 0. The van der Waals surface area contributed by atoms with E-state index in [0.29, 0.717) is 0 Å². The molecule has 1 atom stereocenters. The van der Waals surface area contributed by atoms with Gasteiger partial charge < -0.3 is 4.57 Å². The molecule has 0 aliphatic rings. The Labute approximate surface area is 220 Å². The Morgan fingerprint density at radius 1 is 0.368 bits per heavy atom. The van der Waals surface area contributed by atoms with Gasteiger partial charge in [-0.05, 0) is 66.0 Å². The molecule has 1 unspecified atom stereocenters. The maximum atomic E-state index is 15.7. The number of fused-ring (bicyclic) bond motifs is 3. The molecule has 0 heterocycles. The number of hydrogen-bond donors (Lipinski definition) is 0. The fraction of sp³-hybridized carbons (Fsp3) is 0. The van der Waals surface area contributed by atoms with Gasteiger partial charge in [-0.1, -0.05) is 127 Å². The summed E-state index contributed by atoms with van der Waals surface area (Å²) in [5.74, 6) is 0. The molecule has 178 valence electrons. The summed E-state index contributed by atoms with van der Waals surface area (Å²) < 4.78 is 15.7. The minimum atomic E-state index is -3.20. The van der Waals surface area contributed by atoms with Crippen LogP contribution in [0.1, 0.15) is 0 Å². The molecule has 0 bridgehead atoms. The molecule has 2 heteroatoms. The highest BCUT2D eigenvalue weighted by atomic mass is 31.2. The van der Waals surface area contributed by atoms with Gasteiger partial charge >= 0.3 is 0 Å². The third-order valence-electron chi connectivity index (χ3n) is 8.06. The van der Waals surface area contributed by atoms with E-state index >= 15 is 4.57 Å².